The van der Waals surface area contributed by atoms with Gasteiger partial charge in [0.1, 0.15) is 11.7 Å². The van der Waals surface area contributed by atoms with Crippen molar-refractivity contribution >= 4 is 23.2 Å². The molecule has 0 bridgehead atoms. The molecular weight excluding hydrogens is 378 g/mol. The van der Waals surface area contributed by atoms with Gasteiger partial charge in [-0.1, -0.05) is 23.7 Å². The smallest absolute Gasteiger partial charge is 0.257 e. The number of rotatable bonds is 5. The van der Waals surface area contributed by atoms with Crippen molar-refractivity contribution in [1.82, 2.24) is 34.8 Å². The van der Waals surface area contributed by atoms with E-state index in [1.165, 1.54) is 0 Å². The summed E-state index contributed by atoms with van der Waals surface area (Å²) in [5.41, 5.74) is 9.34. The van der Waals surface area contributed by atoms with Crippen molar-refractivity contribution < 1.29 is 0 Å². The number of nitriles is 1. The first-order chi connectivity index (χ1) is 13.5. The van der Waals surface area contributed by atoms with Crippen molar-refractivity contribution in [2.45, 2.75) is 13.0 Å². The van der Waals surface area contributed by atoms with E-state index in [1.807, 2.05) is 37.5 Å². The van der Waals surface area contributed by atoms with E-state index in [2.05, 4.69) is 32.1 Å². The molecular formula is C18H16ClN9. The van der Waals surface area contributed by atoms with E-state index < -0.39 is 6.04 Å². The molecule has 0 aliphatic carbocycles. The van der Waals surface area contributed by atoms with Gasteiger partial charge in [-0.15, -0.1) is 5.10 Å². The monoisotopic (exact) mass is 393 g/mol. The number of anilines is 1. The minimum absolute atomic E-state index is 0.335. The van der Waals surface area contributed by atoms with Gasteiger partial charge in [0, 0.05) is 29.4 Å². The van der Waals surface area contributed by atoms with Crippen molar-refractivity contribution in [1.29, 1.82) is 5.26 Å². The van der Waals surface area contributed by atoms with Crippen LogP contribution >= 0.6 is 11.6 Å². The Balaban J connectivity index is 1.83. The van der Waals surface area contributed by atoms with Crippen LogP contribution in [0.25, 0.3) is 28.2 Å². The molecule has 0 radical (unpaired) electrons. The summed E-state index contributed by atoms with van der Waals surface area (Å²) < 4.78 is 3.36. The molecule has 4 rings (SSSR count). The maximum atomic E-state index is 8.90. The van der Waals surface area contributed by atoms with Crippen LogP contribution in [0.4, 0.5) is 5.95 Å². The van der Waals surface area contributed by atoms with E-state index in [0.717, 1.165) is 16.8 Å². The third kappa shape index (κ3) is 3.51. The van der Waals surface area contributed by atoms with E-state index in [-0.39, 0.29) is 0 Å². The molecule has 0 saturated carbocycles. The fourth-order valence-corrected chi connectivity index (χ4v) is 2.77. The summed E-state index contributed by atoms with van der Waals surface area (Å²) >= 11 is 6.00. The van der Waals surface area contributed by atoms with Crippen LogP contribution in [0, 0.1) is 11.3 Å². The Labute approximate surface area is 165 Å². The van der Waals surface area contributed by atoms with Gasteiger partial charge in [-0.2, -0.15) is 15.3 Å². The minimum atomic E-state index is -0.396. The van der Waals surface area contributed by atoms with Crippen LogP contribution in [-0.4, -0.2) is 35.4 Å². The summed E-state index contributed by atoms with van der Waals surface area (Å²) in [5, 5.41) is 18.2. The average Bonchev–Trinajstić information content (AvgIpc) is 3.31. The van der Waals surface area contributed by atoms with Gasteiger partial charge in [-0.05, 0) is 19.1 Å². The van der Waals surface area contributed by atoms with E-state index in [0.29, 0.717) is 22.3 Å². The average molecular weight is 394 g/mol. The molecule has 0 aliphatic heterocycles. The van der Waals surface area contributed by atoms with Gasteiger partial charge in [-0.3, -0.25) is 10.1 Å². The molecule has 4 aromatic rings. The molecule has 1 atom stereocenters. The Morgan fingerprint density at radius 2 is 1.93 bits per heavy atom. The summed E-state index contributed by atoms with van der Waals surface area (Å²) in [4.78, 5) is 9.29. The third-order valence-corrected chi connectivity index (χ3v) is 4.28. The lowest BCUT2D eigenvalue weighted by Gasteiger charge is -2.05. The highest BCUT2D eigenvalue weighted by Crippen LogP contribution is 2.27. The zero-order chi connectivity index (χ0) is 19.7. The highest BCUT2D eigenvalue weighted by atomic mass is 35.5. The lowest BCUT2D eigenvalue weighted by Crippen LogP contribution is -2.30. The number of nitrogens with one attached hydrogen (secondary N) is 2. The summed E-state index contributed by atoms with van der Waals surface area (Å²) in [7, 11) is 1.84. The Morgan fingerprint density at radius 3 is 2.61 bits per heavy atom. The Bertz CT molecular complexity index is 1170. The van der Waals surface area contributed by atoms with Crippen LogP contribution < -0.4 is 10.9 Å². The molecule has 0 spiro atoms. The van der Waals surface area contributed by atoms with Crippen LogP contribution in [0.3, 0.4) is 0 Å². The van der Waals surface area contributed by atoms with Crippen molar-refractivity contribution in [2.24, 2.45) is 7.05 Å². The maximum Gasteiger partial charge on any atom is 0.257 e. The summed E-state index contributed by atoms with van der Waals surface area (Å²) in [6, 6.07) is 9.10. The van der Waals surface area contributed by atoms with Gasteiger partial charge in [0.2, 0.25) is 0 Å². The second-order valence-corrected chi connectivity index (χ2v) is 6.64. The van der Waals surface area contributed by atoms with E-state index >= 15 is 0 Å². The lowest BCUT2D eigenvalue weighted by molar-refractivity contribution is 0.718. The van der Waals surface area contributed by atoms with Gasteiger partial charge in [-0.25, -0.2) is 14.9 Å². The summed E-state index contributed by atoms with van der Waals surface area (Å²) in [5.74, 6) is 0.335. The molecule has 0 fully saturated rings. The van der Waals surface area contributed by atoms with Crippen LogP contribution in [0.2, 0.25) is 5.02 Å². The molecule has 9 nitrogen and oxygen atoms in total. The number of benzene rings is 1. The van der Waals surface area contributed by atoms with Gasteiger partial charge < -0.3 is 0 Å². The fourth-order valence-electron chi connectivity index (χ4n) is 2.64. The van der Waals surface area contributed by atoms with E-state index in [1.54, 1.807) is 28.5 Å². The zero-order valence-electron chi connectivity index (χ0n) is 15.1. The predicted octanol–water partition coefficient (Wildman–Crippen LogP) is 2.67. The van der Waals surface area contributed by atoms with Crippen molar-refractivity contribution in [3.63, 3.8) is 0 Å². The van der Waals surface area contributed by atoms with Crippen LogP contribution in [-0.2, 0) is 7.05 Å². The number of nitrogens with zero attached hydrogens (tertiary/aromatic N) is 7. The number of hydrogen-bond donors (Lipinski definition) is 2. The first-order valence-electron chi connectivity index (χ1n) is 8.47. The SMILES string of the molecule is C[C@@H](C#N)NNc1nc2c(-c3cnn(C)c3)nc(-c3ccc(Cl)cc3)cn2n1. The molecule has 3 heterocycles. The molecule has 1 aromatic carbocycles. The number of aryl methyl sites for hydroxylation is 1. The maximum absolute atomic E-state index is 8.90. The molecule has 3 aromatic heterocycles. The zero-order valence-corrected chi connectivity index (χ0v) is 15.9. The Morgan fingerprint density at radius 1 is 1.14 bits per heavy atom. The molecule has 0 unspecified atom stereocenters. The number of halogens is 1. The molecule has 0 amide bonds. The molecule has 2 N–H and O–H groups in total. The number of hydrazine groups is 1. The molecule has 0 aliphatic rings. The van der Waals surface area contributed by atoms with Crippen LogP contribution in [0.5, 0.6) is 0 Å². The highest BCUT2D eigenvalue weighted by Gasteiger charge is 2.16. The van der Waals surface area contributed by atoms with Crippen molar-refractivity contribution in [3.05, 3.63) is 47.9 Å². The van der Waals surface area contributed by atoms with Gasteiger partial charge in [0.25, 0.3) is 5.95 Å². The van der Waals surface area contributed by atoms with Crippen LogP contribution in [0.15, 0.2) is 42.9 Å². The number of hydrogen-bond acceptors (Lipinski definition) is 7. The second kappa shape index (κ2) is 7.26. The summed E-state index contributed by atoms with van der Waals surface area (Å²) in [6.07, 6.45) is 5.39. The Hall–Kier alpha value is -3.48. The predicted molar refractivity (Wildman–Crippen MR) is 105 cm³/mol. The number of fused-ring (bicyclic) bond motifs is 1. The first kappa shape index (κ1) is 17.9. The third-order valence-electron chi connectivity index (χ3n) is 4.03. The minimum Gasteiger partial charge on any atom is -0.287 e. The highest BCUT2D eigenvalue weighted by molar-refractivity contribution is 6.30. The van der Waals surface area contributed by atoms with Gasteiger partial charge in [0.15, 0.2) is 5.65 Å². The quantitative estimate of drug-likeness (QED) is 0.501. The normalized spacial score (nSPS) is 12.1. The fraction of sp³-hybridized carbons (Fsp3) is 0.167. The van der Waals surface area contributed by atoms with Crippen molar-refractivity contribution in [3.8, 4) is 28.6 Å². The molecule has 10 heteroatoms. The summed E-state index contributed by atoms with van der Waals surface area (Å²) in [6.45, 7) is 1.73. The van der Waals surface area contributed by atoms with Crippen molar-refractivity contribution in [2.75, 3.05) is 5.43 Å². The molecule has 140 valence electrons. The van der Waals surface area contributed by atoms with Gasteiger partial charge >= 0.3 is 0 Å². The number of aromatic nitrogens is 6. The Kier molecular flexibility index (Phi) is 4.65. The van der Waals surface area contributed by atoms with E-state index in [4.69, 9.17) is 21.8 Å². The first-order valence-corrected chi connectivity index (χ1v) is 8.85. The molecule has 0 saturated heterocycles. The van der Waals surface area contributed by atoms with Crippen LogP contribution in [0.1, 0.15) is 6.92 Å². The standard InChI is InChI=1S/C18H16ClN9/c1-11(7-20)24-25-18-23-17-16(13-8-21-27(2)9-13)22-15(10-28(17)26-18)12-3-5-14(19)6-4-12/h3-6,8-11,24H,1-2H3,(H,25,26)/t11-/m0/s1. The van der Waals surface area contributed by atoms with Gasteiger partial charge in [0.05, 0.1) is 24.2 Å². The largest absolute Gasteiger partial charge is 0.287 e. The lowest BCUT2D eigenvalue weighted by atomic mass is 10.1. The molecule has 28 heavy (non-hydrogen) atoms. The topological polar surface area (TPSA) is 109 Å². The second-order valence-electron chi connectivity index (χ2n) is 6.21. The van der Waals surface area contributed by atoms with E-state index in [9.17, 15) is 0 Å².